The molecule has 1 aromatic carbocycles. The summed E-state index contributed by atoms with van der Waals surface area (Å²) in [6.07, 6.45) is 1.28. The van der Waals surface area contributed by atoms with E-state index in [1.807, 2.05) is 25.1 Å². The van der Waals surface area contributed by atoms with Crippen molar-refractivity contribution in [3.63, 3.8) is 0 Å². The number of benzene rings is 1. The van der Waals surface area contributed by atoms with E-state index in [0.29, 0.717) is 18.1 Å². The molecule has 0 saturated heterocycles. The Morgan fingerprint density at radius 2 is 2.13 bits per heavy atom. The zero-order chi connectivity index (χ0) is 11.1. The maximum Gasteiger partial charge on any atom is 0.162 e. The number of ether oxygens (including phenoxy) is 1. The summed E-state index contributed by atoms with van der Waals surface area (Å²) >= 11 is 5.94. The minimum Gasteiger partial charge on any atom is -0.374 e. The fourth-order valence-corrected chi connectivity index (χ4v) is 1.44. The van der Waals surface area contributed by atoms with Crippen LogP contribution in [0.1, 0.15) is 18.9 Å². The molecule has 0 saturated carbocycles. The van der Waals surface area contributed by atoms with E-state index >= 15 is 0 Å². The number of rotatable bonds is 6. The van der Waals surface area contributed by atoms with Crippen molar-refractivity contribution in [2.24, 2.45) is 0 Å². The van der Waals surface area contributed by atoms with E-state index in [2.05, 4.69) is 0 Å². The molecule has 3 heteroatoms. The zero-order valence-electron chi connectivity index (χ0n) is 8.83. The van der Waals surface area contributed by atoms with E-state index in [4.69, 9.17) is 16.3 Å². The molecular weight excluding hydrogens is 212 g/mol. The predicted molar refractivity (Wildman–Crippen MR) is 61.3 cm³/mol. The van der Waals surface area contributed by atoms with Gasteiger partial charge in [0.2, 0.25) is 0 Å². The average molecular weight is 227 g/mol. The summed E-state index contributed by atoms with van der Waals surface area (Å²) in [5, 5.41) is 0.640. The van der Waals surface area contributed by atoms with Gasteiger partial charge >= 0.3 is 0 Å². The summed E-state index contributed by atoms with van der Waals surface area (Å²) in [5.41, 5.74) is 0.865. The van der Waals surface area contributed by atoms with Gasteiger partial charge in [0.15, 0.2) is 5.78 Å². The molecule has 0 fully saturated rings. The van der Waals surface area contributed by atoms with Crippen LogP contribution in [0.3, 0.4) is 0 Å². The lowest BCUT2D eigenvalue weighted by Crippen LogP contribution is -2.12. The van der Waals surface area contributed by atoms with Crippen molar-refractivity contribution in [1.82, 2.24) is 0 Å². The Kier molecular flexibility index (Phi) is 5.37. The highest BCUT2D eigenvalue weighted by atomic mass is 35.5. The van der Waals surface area contributed by atoms with Gasteiger partial charge in [0, 0.05) is 18.1 Å². The number of hydrogen-bond donors (Lipinski definition) is 0. The Bertz CT molecular complexity index is 323. The molecule has 0 bridgehead atoms. The molecule has 1 rings (SSSR count). The second kappa shape index (κ2) is 6.59. The van der Waals surface area contributed by atoms with Gasteiger partial charge in [-0.3, -0.25) is 4.79 Å². The molecule has 15 heavy (non-hydrogen) atoms. The van der Waals surface area contributed by atoms with Crippen LogP contribution in [0.15, 0.2) is 24.3 Å². The maximum absolute atomic E-state index is 11.5. The molecule has 0 aliphatic carbocycles. The van der Waals surface area contributed by atoms with Gasteiger partial charge in [0.05, 0.1) is 0 Å². The fraction of sp³-hybridized carbons (Fsp3) is 0.417. The van der Waals surface area contributed by atoms with Crippen molar-refractivity contribution in [1.29, 1.82) is 0 Å². The van der Waals surface area contributed by atoms with Gasteiger partial charge in [-0.2, -0.15) is 0 Å². The van der Waals surface area contributed by atoms with Crippen LogP contribution in [0.4, 0.5) is 0 Å². The topological polar surface area (TPSA) is 26.3 Å². The lowest BCUT2D eigenvalue weighted by molar-refractivity contribution is -0.122. The number of carbonyl (C=O) groups is 1. The molecule has 0 spiro atoms. The summed E-state index contributed by atoms with van der Waals surface area (Å²) < 4.78 is 5.16. The van der Waals surface area contributed by atoms with Crippen molar-refractivity contribution in [2.75, 3.05) is 13.2 Å². The largest absolute Gasteiger partial charge is 0.374 e. The van der Waals surface area contributed by atoms with Crippen molar-refractivity contribution >= 4 is 17.4 Å². The molecule has 2 nitrogen and oxygen atoms in total. The molecule has 0 atom stereocenters. The molecule has 82 valence electrons. The SMILES string of the molecule is CCCOCC(=O)Cc1ccccc1Cl. The fourth-order valence-electron chi connectivity index (χ4n) is 1.24. The van der Waals surface area contributed by atoms with Crippen molar-refractivity contribution in [3.8, 4) is 0 Å². The van der Waals surface area contributed by atoms with E-state index < -0.39 is 0 Å². The van der Waals surface area contributed by atoms with Gasteiger partial charge in [-0.15, -0.1) is 0 Å². The quantitative estimate of drug-likeness (QED) is 0.698. The van der Waals surface area contributed by atoms with Crippen molar-refractivity contribution in [2.45, 2.75) is 19.8 Å². The van der Waals surface area contributed by atoms with E-state index in [-0.39, 0.29) is 12.4 Å². The smallest absolute Gasteiger partial charge is 0.162 e. The Balaban J connectivity index is 2.41. The average Bonchev–Trinajstić information content (AvgIpc) is 2.22. The Hall–Kier alpha value is -0.860. The van der Waals surface area contributed by atoms with Crippen LogP contribution < -0.4 is 0 Å². The second-order valence-corrected chi connectivity index (χ2v) is 3.77. The van der Waals surface area contributed by atoms with Gasteiger partial charge in [0.1, 0.15) is 6.61 Å². The van der Waals surface area contributed by atoms with Crippen LogP contribution in [-0.2, 0) is 16.0 Å². The highest BCUT2D eigenvalue weighted by Crippen LogP contribution is 2.15. The van der Waals surface area contributed by atoms with Crippen LogP contribution in [0.25, 0.3) is 0 Å². The molecule has 0 aromatic heterocycles. The molecule has 0 N–H and O–H groups in total. The summed E-state index contributed by atoms with van der Waals surface area (Å²) in [6, 6.07) is 7.38. The first-order valence-electron chi connectivity index (χ1n) is 5.07. The van der Waals surface area contributed by atoms with Gasteiger partial charge in [-0.05, 0) is 18.1 Å². The molecule has 0 aliphatic rings. The lowest BCUT2D eigenvalue weighted by Gasteiger charge is -2.03. The lowest BCUT2D eigenvalue weighted by atomic mass is 10.1. The second-order valence-electron chi connectivity index (χ2n) is 3.36. The molecule has 0 unspecified atom stereocenters. The van der Waals surface area contributed by atoms with E-state index in [0.717, 1.165) is 12.0 Å². The monoisotopic (exact) mass is 226 g/mol. The normalized spacial score (nSPS) is 10.3. The van der Waals surface area contributed by atoms with E-state index in [1.165, 1.54) is 0 Å². The van der Waals surface area contributed by atoms with Gasteiger partial charge in [-0.25, -0.2) is 0 Å². The summed E-state index contributed by atoms with van der Waals surface area (Å²) in [6.45, 7) is 2.83. The molecule has 0 radical (unpaired) electrons. The Morgan fingerprint density at radius 1 is 1.40 bits per heavy atom. The third-order valence-electron chi connectivity index (χ3n) is 1.96. The van der Waals surface area contributed by atoms with Crippen LogP contribution >= 0.6 is 11.6 Å². The highest BCUT2D eigenvalue weighted by molar-refractivity contribution is 6.31. The number of Topliss-reactive ketones (excluding diaryl/α,β-unsaturated/α-hetero) is 1. The third kappa shape index (κ3) is 4.45. The molecule has 0 aliphatic heterocycles. The molecule has 1 aromatic rings. The summed E-state index contributed by atoms with van der Waals surface area (Å²) in [5.74, 6) is 0.0663. The number of halogens is 1. The van der Waals surface area contributed by atoms with Gasteiger partial charge in [-0.1, -0.05) is 36.7 Å². The first-order chi connectivity index (χ1) is 7.24. The number of carbonyl (C=O) groups excluding carboxylic acids is 1. The van der Waals surface area contributed by atoms with Gasteiger partial charge in [0.25, 0.3) is 0 Å². The minimum absolute atomic E-state index is 0.0663. The Morgan fingerprint density at radius 3 is 2.80 bits per heavy atom. The summed E-state index contributed by atoms with van der Waals surface area (Å²) in [4.78, 5) is 11.5. The van der Waals surface area contributed by atoms with Crippen LogP contribution in [0.2, 0.25) is 5.02 Å². The van der Waals surface area contributed by atoms with Crippen molar-refractivity contribution in [3.05, 3.63) is 34.9 Å². The van der Waals surface area contributed by atoms with Crippen molar-refractivity contribution < 1.29 is 9.53 Å². The standard InChI is InChI=1S/C12H15ClO2/c1-2-7-15-9-11(14)8-10-5-3-4-6-12(10)13/h3-6H,2,7-9H2,1H3. The van der Waals surface area contributed by atoms with Gasteiger partial charge < -0.3 is 4.74 Å². The third-order valence-corrected chi connectivity index (χ3v) is 2.33. The first-order valence-corrected chi connectivity index (χ1v) is 5.44. The first kappa shape index (κ1) is 12.2. The maximum atomic E-state index is 11.5. The minimum atomic E-state index is 0.0663. The molecular formula is C12H15ClO2. The van der Waals surface area contributed by atoms with E-state index in [9.17, 15) is 4.79 Å². The molecule has 0 heterocycles. The zero-order valence-corrected chi connectivity index (χ0v) is 9.59. The predicted octanol–water partition coefficient (Wildman–Crippen LogP) is 2.88. The van der Waals surface area contributed by atoms with Crippen LogP contribution in [0, 0.1) is 0 Å². The molecule has 0 amide bonds. The van der Waals surface area contributed by atoms with Crippen LogP contribution in [-0.4, -0.2) is 19.0 Å². The highest BCUT2D eigenvalue weighted by Gasteiger charge is 2.06. The Labute approximate surface area is 95.2 Å². The van der Waals surface area contributed by atoms with Crippen LogP contribution in [0.5, 0.6) is 0 Å². The van der Waals surface area contributed by atoms with E-state index in [1.54, 1.807) is 6.07 Å². The number of ketones is 1. The summed E-state index contributed by atoms with van der Waals surface area (Å²) in [7, 11) is 0. The number of hydrogen-bond acceptors (Lipinski definition) is 2.